The molecular formula is C45H61Si2Zr. The summed E-state index contributed by atoms with van der Waals surface area (Å²) in [4.78, 5) is 0. The Morgan fingerprint density at radius 3 is 1.96 bits per heavy atom. The molecule has 1 unspecified atom stereocenters. The second kappa shape index (κ2) is 14.7. The molecule has 0 saturated heterocycles. The first-order chi connectivity index (χ1) is 23.4. The van der Waals surface area contributed by atoms with Crippen molar-refractivity contribution in [3.8, 4) is 22.3 Å². The van der Waals surface area contributed by atoms with Gasteiger partial charge in [-0.15, -0.1) is 0 Å². The van der Waals surface area contributed by atoms with E-state index in [1.54, 1.807) is 27.8 Å². The average Bonchev–Trinajstić information content (AvgIpc) is 3.69. The van der Waals surface area contributed by atoms with E-state index in [0.717, 1.165) is 6.42 Å². The monoisotopic (exact) mass is 747 g/mol. The third kappa shape index (κ3) is 5.19. The van der Waals surface area contributed by atoms with Crippen LogP contribution in [0.2, 0.25) is 32.4 Å². The summed E-state index contributed by atoms with van der Waals surface area (Å²) in [5, 5.41) is 0. The topological polar surface area (TPSA) is 0 Å². The van der Waals surface area contributed by atoms with Gasteiger partial charge in [-0.05, 0) is 0 Å². The zero-order valence-corrected chi connectivity index (χ0v) is 35.8. The van der Waals surface area contributed by atoms with Crippen LogP contribution >= 0.6 is 0 Å². The van der Waals surface area contributed by atoms with E-state index in [4.69, 9.17) is 0 Å². The molecule has 0 nitrogen and oxygen atoms in total. The molecule has 0 amide bonds. The molecule has 0 N–H and O–H groups in total. The van der Waals surface area contributed by atoms with Crippen LogP contribution in [0.25, 0.3) is 28.3 Å². The van der Waals surface area contributed by atoms with Gasteiger partial charge in [0, 0.05) is 0 Å². The van der Waals surface area contributed by atoms with Crippen LogP contribution in [0.1, 0.15) is 100 Å². The van der Waals surface area contributed by atoms with E-state index >= 15 is 0 Å². The molecule has 2 aliphatic rings. The van der Waals surface area contributed by atoms with E-state index in [1.807, 2.05) is 3.27 Å². The van der Waals surface area contributed by atoms with Crippen LogP contribution < -0.4 is 3.27 Å². The van der Waals surface area contributed by atoms with Gasteiger partial charge in [0.1, 0.15) is 0 Å². The first kappa shape index (κ1) is 35.8. The van der Waals surface area contributed by atoms with Gasteiger partial charge in [-0.1, -0.05) is 0 Å². The molecule has 0 saturated carbocycles. The normalized spacial score (nSPS) is 16.3. The van der Waals surface area contributed by atoms with Gasteiger partial charge in [0.25, 0.3) is 0 Å². The summed E-state index contributed by atoms with van der Waals surface area (Å²) >= 11 is -4.25. The molecule has 4 aromatic carbocycles. The molecule has 0 spiro atoms. The van der Waals surface area contributed by atoms with Gasteiger partial charge >= 0.3 is 298 Å². The SMILES string of the molecule is CCC[CH2][Zr]([CH2]CCC)([c]1ccc(-c2ccccc2)c2c1Cc1ccccc1-2)([CH]1C(C)=Cc2ccccc21)[Si](CC)(CC)[SiH](CC)CC. The maximum absolute atomic E-state index is 4.25. The van der Waals surface area contributed by atoms with Crippen LogP contribution in [-0.4, -0.2) is 13.0 Å². The van der Waals surface area contributed by atoms with Gasteiger partial charge in [0.2, 0.25) is 0 Å². The van der Waals surface area contributed by atoms with E-state index in [9.17, 15) is 0 Å². The summed E-state index contributed by atoms with van der Waals surface area (Å²) in [6.45, 7) is 18.3. The summed E-state index contributed by atoms with van der Waals surface area (Å²) in [5.41, 5.74) is 14.2. The summed E-state index contributed by atoms with van der Waals surface area (Å²) in [7, 11) is -1.06. The molecule has 2 aliphatic carbocycles. The molecule has 3 heteroatoms. The average molecular weight is 749 g/mol. The Morgan fingerprint density at radius 1 is 0.688 bits per heavy atom. The Hall–Kier alpha value is -2.06. The van der Waals surface area contributed by atoms with Crippen LogP contribution in [-0.2, 0) is 24.4 Å². The molecule has 0 aliphatic heterocycles. The van der Waals surface area contributed by atoms with Gasteiger partial charge in [0.15, 0.2) is 0 Å². The summed E-state index contributed by atoms with van der Waals surface area (Å²) in [6.07, 6.45) is 9.18. The van der Waals surface area contributed by atoms with Gasteiger partial charge in [-0.25, -0.2) is 0 Å². The van der Waals surface area contributed by atoms with E-state index in [1.165, 1.54) is 80.4 Å². The molecule has 6 rings (SSSR count). The predicted molar refractivity (Wildman–Crippen MR) is 217 cm³/mol. The van der Waals surface area contributed by atoms with Crippen molar-refractivity contribution in [2.45, 2.75) is 117 Å². The molecule has 1 atom stereocenters. The Morgan fingerprint density at radius 2 is 1.31 bits per heavy atom. The minimum absolute atomic E-state index is 0.649. The fourth-order valence-corrected chi connectivity index (χ4v) is 128. The zero-order valence-electron chi connectivity index (χ0n) is 31.2. The van der Waals surface area contributed by atoms with Gasteiger partial charge < -0.3 is 0 Å². The Balaban J connectivity index is 1.86. The molecule has 253 valence electrons. The van der Waals surface area contributed by atoms with Crippen LogP contribution in [0.3, 0.4) is 0 Å². The number of fused-ring (bicyclic) bond motifs is 4. The maximum atomic E-state index is 2.85. The van der Waals surface area contributed by atoms with Crippen LogP contribution in [0.5, 0.6) is 0 Å². The first-order valence-electron chi connectivity index (χ1n) is 19.6. The van der Waals surface area contributed by atoms with Gasteiger partial charge in [0.05, 0.1) is 0 Å². The molecule has 0 heterocycles. The quantitative estimate of drug-likeness (QED) is 0.0935. The van der Waals surface area contributed by atoms with Crippen LogP contribution in [0.15, 0.2) is 96.6 Å². The van der Waals surface area contributed by atoms with Gasteiger partial charge in [-0.2, -0.15) is 0 Å². The molecule has 0 radical (unpaired) electrons. The molecule has 4 aromatic rings. The number of benzene rings is 4. The Kier molecular flexibility index (Phi) is 10.9. The molecule has 0 fully saturated rings. The first-order valence-corrected chi connectivity index (χ1v) is 35.3. The fourth-order valence-electron chi connectivity index (χ4n) is 12.4. The van der Waals surface area contributed by atoms with Gasteiger partial charge in [-0.3, -0.25) is 0 Å². The standard InChI is InChI=1S/C19H13.C10H9.C8H21Si2.2C4H9.Zr/c1-2-7-14(8-3-1)17-12-6-10-16-13-15-9-4-5-11-18(15)19(16)17;1-8-6-9-4-2-3-5-10(9)7-8;1-5-9(6-2)10(7-3)8-4;2*1-3-4-2;/h1-9,11-12H,13H2;2-7H,1H3;9H,5-8H2,1-4H3;2*1,3-4H2,2H3;. The van der Waals surface area contributed by atoms with E-state index in [0.29, 0.717) is 3.63 Å². The number of allylic oxidation sites excluding steroid dienone is 1. The van der Waals surface area contributed by atoms with E-state index in [-0.39, 0.29) is 0 Å². The Labute approximate surface area is 296 Å². The van der Waals surface area contributed by atoms with Crippen molar-refractivity contribution >= 4 is 22.4 Å². The van der Waals surface area contributed by atoms with Crippen molar-refractivity contribution in [2.75, 3.05) is 0 Å². The van der Waals surface area contributed by atoms with Crippen molar-refractivity contribution in [1.29, 1.82) is 0 Å². The summed E-state index contributed by atoms with van der Waals surface area (Å²) < 4.78 is 3.88. The second-order valence-electron chi connectivity index (χ2n) is 15.5. The second-order valence-corrected chi connectivity index (χ2v) is 61.0. The molecular weight excluding hydrogens is 688 g/mol. The molecule has 48 heavy (non-hydrogen) atoms. The third-order valence-electron chi connectivity index (χ3n) is 14.0. The van der Waals surface area contributed by atoms with Crippen molar-refractivity contribution < 1.29 is 17.9 Å². The number of rotatable bonds is 15. The van der Waals surface area contributed by atoms with E-state index in [2.05, 4.69) is 146 Å². The number of unbranched alkanes of at least 4 members (excludes halogenated alkanes) is 2. The molecule has 0 aromatic heterocycles. The van der Waals surface area contributed by atoms with Crippen molar-refractivity contribution in [3.05, 3.63) is 119 Å². The fraction of sp³-hybridized carbons (Fsp3) is 0.422. The third-order valence-corrected chi connectivity index (χ3v) is 101. The van der Waals surface area contributed by atoms with Crippen molar-refractivity contribution in [2.24, 2.45) is 0 Å². The Bertz CT molecular complexity index is 1750. The van der Waals surface area contributed by atoms with Crippen molar-refractivity contribution in [1.82, 2.24) is 0 Å². The summed E-state index contributed by atoms with van der Waals surface area (Å²) in [6, 6.07) is 42.0. The minimum atomic E-state index is -4.25. The number of hydrogen-bond acceptors (Lipinski definition) is 0. The van der Waals surface area contributed by atoms with Crippen LogP contribution in [0, 0.1) is 0 Å². The predicted octanol–water partition coefficient (Wildman–Crippen LogP) is 13.2. The molecule has 0 bridgehead atoms. The van der Waals surface area contributed by atoms with Crippen LogP contribution in [0.4, 0.5) is 0 Å². The number of hydrogen-bond donors (Lipinski definition) is 0. The summed E-state index contributed by atoms with van der Waals surface area (Å²) in [5.74, 6) is 0. The van der Waals surface area contributed by atoms with Crippen molar-refractivity contribution in [3.63, 3.8) is 0 Å². The van der Waals surface area contributed by atoms with E-state index < -0.39 is 31.0 Å². The zero-order chi connectivity index (χ0) is 34.0.